The van der Waals surface area contributed by atoms with Crippen LogP contribution in [-0.2, 0) is 11.3 Å². The molecule has 104 valence electrons. The molecule has 0 aliphatic rings. The first-order valence-electron chi connectivity index (χ1n) is 5.84. The van der Waals surface area contributed by atoms with E-state index in [9.17, 15) is 9.59 Å². The summed E-state index contributed by atoms with van der Waals surface area (Å²) >= 11 is 1.10. The van der Waals surface area contributed by atoms with Crippen LogP contribution in [0, 0.1) is 0 Å². The van der Waals surface area contributed by atoms with Gasteiger partial charge in [-0.25, -0.2) is 9.78 Å². The molecule has 0 saturated carbocycles. The average molecular weight is 291 g/mol. The van der Waals surface area contributed by atoms with Gasteiger partial charge in [-0.1, -0.05) is 6.07 Å². The van der Waals surface area contributed by atoms with E-state index in [4.69, 9.17) is 5.11 Å². The summed E-state index contributed by atoms with van der Waals surface area (Å²) in [6, 6.07) is 7.26. The maximum absolute atomic E-state index is 11.0. The number of nitrogens with zero attached hydrogens (tertiary/aromatic N) is 1. The molecule has 0 radical (unpaired) electrons. The standard InChI is InChI=1S/C13H13N3O3S/c1-8(17)15-10-4-2-3-9(5-10)14-6-11-7-20-12(16-11)13(18)19/h2-5,7,14H,6H2,1H3,(H,15,17)(H,18,19). The number of amides is 1. The second-order valence-electron chi connectivity index (χ2n) is 4.06. The predicted molar refractivity (Wildman–Crippen MR) is 77.1 cm³/mol. The number of hydrogen-bond acceptors (Lipinski definition) is 5. The molecule has 2 aromatic rings. The lowest BCUT2D eigenvalue weighted by atomic mass is 10.2. The zero-order chi connectivity index (χ0) is 14.5. The molecule has 0 fully saturated rings. The van der Waals surface area contributed by atoms with Crippen molar-refractivity contribution in [2.45, 2.75) is 13.5 Å². The maximum atomic E-state index is 11.0. The van der Waals surface area contributed by atoms with Gasteiger partial charge in [-0.2, -0.15) is 0 Å². The Labute approximate surface area is 119 Å². The van der Waals surface area contributed by atoms with Gasteiger partial charge in [0.15, 0.2) is 0 Å². The molecule has 1 heterocycles. The van der Waals surface area contributed by atoms with Gasteiger partial charge >= 0.3 is 5.97 Å². The van der Waals surface area contributed by atoms with Crippen molar-refractivity contribution < 1.29 is 14.7 Å². The minimum absolute atomic E-state index is 0.0776. The lowest BCUT2D eigenvalue weighted by Crippen LogP contribution is -2.06. The quantitative estimate of drug-likeness (QED) is 0.787. The number of thiazole rings is 1. The van der Waals surface area contributed by atoms with Gasteiger partial charge in [0, 0.05) is 23.7 Å². The van der Waals surface area contributed by atoms with Gasteiger partial charge in [-0.3, -0.25) is 4.79 Å². The van der Waals surface area contributed by atoms with Gasteiger partial charge in [0.25, 0.3) is 0 Å². The van der Waals surface area contributed by atoms with Gasteiger partial charge in [0.05, 0.1) is 12.2 Å². The summed E-state index contributed by atoms with van der Waals surface area (Å²) in [7, 11) is 0. The van der Waals surface area contributed by atoms with E-state index in [0.717, 1.165) is 17.0 Å². The van der Waals surface area contributed by atoms with Crippen LogP contribution in [0.25, 0.3) is 0 Å². The van der Waals surface area contributed by atoms with Crippen molar-refractivity contribution in [3.8, 4) is 0 Å². The molecule has 20 heavy (non-hydrogen) atoms. The van der Waals surface area contributed by atoms with Crippen molar-refractivity contribution in [3.05, 3.63) is 40.3 Å². The van der Waals surface area contributed by atoms with Crippen molar-refractivity contribution in [1.29, 1.82) is 0 Å². The molecule has 1 aromatic carbocycles. The van der Waals surface area contributed by atoms with Crippen molar-refractivity contribution in [2.24, 2.45) is 0 Å². The molecular weight excluding hydrogens is 278 g/mol. The number of aromatic carboxylic acids is 1. The summed E-state index contributed by atoms with van der Waals surface area (Å²) < 4.78 is 0. The van der Waals surface area contributed by atoms with Crippen LogP contribution in [0.3, 0.4) is 0 Å². The summed E-state index contributed by atoms with van der Waals surface area (Å²) in [5.41, 5.74) is 2.19. The van der Waals surface area contributed by atoms with Crippen molar-refractivity contribution >= 4 is 34.6 Å². The minimum atomic E-state index is -1.02. The van der Waals surface area contributed by atoms with Crippen LogP contribution in [0.4, 0.5) is 11.4 Å². The van der Waals surface area contributed by atoms with E-state index in [-0.39, 0.29) is 10.9 Å². The first kappa shape index (κ1) is 14.0. The van der Waals surface area contributed by atoms with E-state index in [1.165, 1.54) is 6.92 Å². The van der Waals surface area contributed by atoms with Gasteiger partial charge < -0.3 is 15.7 Å². The van der Waals surface area contributed by atoms with E-state index >= 15 is 0 Å². The fourth-order valence-corrected chi connectivity index (χ4v) is 2.24. The highest BCUT2D eigenvalue weighted by Gasteiger charge is 2.08. The summed E-state index contributed by atoms with van der Waals surface area (Å²) in [5.74, 6) is -1.15. The molecule has 6 nitrogen and oxygen atoms in total. The van der Waals surface area contributed by atoms with Gasteiger partial charge in [0.1, 0.15) is 0 Å². The van der Waals surface area contributed by atoms with Gasteiger partial charge in [-0.15, -0.1) is 11.3 Å². The third-order valence-electron chi connectivity index (χ3n) is 2.39. The summed E-state index contributed by atoms with van der Waals surface area (Å²) in [5, 5.41) is 16.4. The highest BCUT2D eigenvalue weighted by Crippen LogP contribution is 2.17. The van der Waals surface area contributed by atoms with E-state index in [2.05, 4.69) is 15.6 Å². The molecule has 2 rings (SSSR count). The molecule has 0 saturated heterocycles. The number of benzene rings is 1. The third kappa shape index (κ3) is 3.79. The number of carbonyl (C=O) groups is 2. The summed E-state index contributed by atoms with van der Waals surface area (Å²) in [6.07, 6.45) is 0. The van der Waals surface area contributed by atoms with Crippen LogP contribution in [0.15, 0.2) is 29.6 Å². The van der Waals surface area contributed by atoms with Crippen molar-refractivity contribution in [2.75, 3.05) is 10.6 Å². The normalized spacial score (nSPS) is 10.1. The number of carboxylic acid groups (broad SMARTS) is 1. The Morgan fingerprint density at radius 3 is 2.75 bits per heavy atom. The van der Waals surface area contributed by atoms with E-state index in [1.807, 2.05) is 12.1 Å². The Morgan fingerprint density at radius 2 is 2.10 bits per heavy atom. The van der Waals surface area contributed by atoms with E-state index in [1.54, 1.807) is 17.5 Å². The number of carbonyl (C=O) groups excluding carboxylic acids is 1. The zero-order valence-electron chi connectivity index (χ0n) is 10.7. The molecule has 1 amide bonds. The highest BCUT2D eigenvalue weighted by molar-refractivity contribution is 7.11. The molecule has 0 spiro atoms. The topological polar surface area (TPSA) is 91.3 Å². The Balaban J connectivity index is 1.99. The largest absolute Gasteiger partial charge is 0.476 e. The second kappa shape index (κ2) is 6.16. The van der Waals surface area contributed by atoms with Crippen LogP contribution < -0.4 is 10.6 Å². The lowest BCUT2D eigenvalue weighted by molar-refractivity contribution is -0.114. The van der Waals surface area contributed by atoms with Crippen LogP contribution in [-0.4, -0.2) is 22.0 Å². The molecule has 0 unspecified atom stereocenters. The summed E-state index contributed by atoms with van der Waals surface area (Å²) in [6.45, 7) is 1.87. The number of carboxylic acids is 1. The number of rotatable bonds is 5. The third-order valence-corrected chi connectivity index (χ3v) is 3.27. The Hall–Kier alpha value is -2.41. The highest BCUT2D eigenvalue weighted by atomic mass is 32.1. The van der Waals surface area contributed by atoms with Crippen LogP contribution >= 0.6 is 11.3 Å². The lowest BCUT2D eigenvalue weighted by Gasteiger charge is -2.07. The smallest absolute Gasteiger partial charge is 0.365 e. The molecule has 0 atom stereocenters. The summed E-state index contributed by atoms with van der Waals surface area (Å²) in [4.78, 5) is 25.7. The zero-order valence-corrected chi connectivity index (χ0v) is 11.5. The first-order chi connectivity index (χ1) is 9.54. The van der Waals surface area contributed by atoms with Gasteiger partial charge in [0.2, 0.25) is 10.9 Å². The van der Waals surface area contributed by atoms with Crippen molar-refractivity contribution in [3.63, 3.8) is 0 Å². The number of aromatic nitrogens is 1. The van der Waals surface area contributed by atoms with Crippen LogP contribution in [0.2, 0.25) is 0 Å². The molecule has 1 aromatic heterocycles. The Kier molecular flexibility index (Phi) is 4.31. The SMILES string of the molecule is CC(=O)Nc1cccc(NCc2csc(C(=O)O)n2)c1. The Morgan fingerprint density at radius 1 is 1.35 bits per heavy atom. The average Bonchev–Trinajstić information content (AvgIpc) is 2.85. The van der Waals surface area contributed by atoms with Crippen LogP contribution in [0.1, 0.15) is 22.4 Å². The fourth-order valence-electron chi connectivity index (χ4n) is 1.59. The minimum Gasteiger partial charge on any atom is -0.476 e. The monoisotopic (exact) mass is 291 g/mol. The molecule has 0 bridgehead atoms. The number of hydrogen-bond donors (Lipinski definition) is 3. The van der Waals surface area contributed by atoms with E-state index < -0.39 is 5.97 Å². The number of nitrogens with one attached hydrogen (secondary N) is 2. The first-order valence-corrected chi connectivity index (χ1v) is 6.72. The van der Waals surface area contributed by atoms with Crippen LogP contribution in [0.5, 0.6) is 0 Å². The Bertz CT molecular complexity index is 639. The van der Waals surface area contributed by atoms with Crippen molar-refractivity contribution in [1.82, 2.24) is 4.98 Å². The molecule has 0 aliphatic carbocycles. The number of anilines is 2. The molecular formula is C13H13N3O3S. The predicted octanol–water partition coefficient (Wildman–Crippen LogP) is 2.41. The maximum Gasteiger partial charge on any atom is 0.365 e. The molecule has 3 N–H and O–H groups in total. The molecule has 7 heteroatoms. The fraction of sp³-hybridized carbons (Fsp3) is 0.154. The van der Waals surface area contributed by atoms with E-state index in [0.29, 0.717) is 17.9 Å². The van der Waals surface area contributed by atoms with Gasteiger partial charge in [-0.05, 0) is 18.2 Å². The molecule has 0 aliphatic heterocycles. The second-order valence-corrected chi connectivity index (χ2v) is 4.92.